The summed E-state index contributed by atoms with van der Waals surface area (Å²) in [7, 11) is 0. The zero-order valence-electron chi connectivity index (χ0n) is 7.08. The van der Waals surface area contributed by atoms with Crippen LogP contribution in [-0.2, 0) is 0 Å². The number of aryl methyl sites for hydroxylation is 1. The molecule has 1 saturated heterocycles. The van der Waals surface area contributed by atoms with E-state index < -0.39 is 0 Å². The Hall–Kier alpha value is -0.380. The maximum Gasteiger partial charge on any atom is 0.0755 e. The summed E-state index contributed by atoms with van der Waals surface area (Å²) in [4.78, 5) is 1.26. The highest BCUT2D eigenvalue weighted by Crippen LogP contribution is 2.28. The second-order valence-electron chi connectivity index (χ2n) is 3.31. The Morgan fingerprint density at radius 2 is 2.50 bits per heavy atom. The van der Waals surface area contributed by atoms with E-state index >= 15 is 0 Å². The van der Waals surface area contributed by atoms with E-state index in [1.165, 1.54) is 10.4 Å². The predicted octanol–water partition coefficient (Wildman–Crippen LogP) is 1.45. The fraction of sp³-hybridized carbons (Fsp3) is 0.556. The largest absolute Gasteiger partial charge is 0.391 e. The molecule has 0 spiro atoms. The molecule has 1 fully saturated rings. The third-order valence-electron chi connectivity index (χ3n) is 2.25. The van der Waals surface area contributed by atoms with Gasteiger partial charge in [0.2, 0.25) is 0 Å². The fourth-order valence-electron chi connectivity index (χ4n) is 1.60. The predicted molar refractivity (Wildman–Crippen MR) is 50.4 cm³/mol. The maximum absolute atomic E-state index is 9.60. The Kier molecular flexibility index (Phi) is 2.17. The van der Waals surface area contributed by atoms with Crippen molar-refractivity contribution in [1.82, 2.24) is 5.32 Å². The molecule has 66 valence electrons. The number of aliphatic hydroxyl groups is 1. The van der Waals surface area contributed by atoms with Gasteiger partial charge in [-0.3, -0.25) is 0 Å². The molecule has 0 saturated carbocycles. The lowest BCUT2D eigenvalue weighted by atomic mass is 10.1. The topological polar surface area (TPSA) is 32.3 Å². The van der Waals surface area contributed by atoms with E-state index in [9.17, 15) is 5.11 Å². The molecular formula is C9H13NOS. The van der Waals surface area contributed by atoms with Crippen molar-refractivity contribution in [3.05, 3.63) is 21.9 Å². The van der Waals surface area contributed by atoms with E-state index in [4.69, 9.17) is 0 Å². The molecular weight excluding hydrogens is 170 g/mol. The molecule has 1 aromatic heterocycles. The molecule has 0 aliphatic carbocycles. The molecule has 1 aromatic rings. The van der Waals surface area contributed by atoms with Crippen molar-refractivity contribution in [3.63, 3.8) is 0 Å². The average molecular weight is 183 g/mol. The third kappa shape index (κ3) is 1.40. The smallest absolute Gasteiger partial charge is 0.0755 e. The van der Waals surface area contributed by atoms with Gasteiger partial charge in [0.15, 0.2) is 0 Å². The van der Waals surface area contributed by atoms with Gasteiger partial charge >= 0.3 is 0 Å². The minimum atomic E-state index is -0.192. The van der Waals surface area contributed by atoms with Crippen LogP contribution in [0.2, 0.25) is 0 Å². The molecule has 2 heterocycles. The van der Waals surface area contributed by atoms with Crippen molar-refractivity contribution >= 4 is 11.3 Å². The van der Waals surface area contributed by atoms with Gasteiger partial charge in [-0.15, -0.1) is 11.3 Å². The van der Waals surface area contributed by atoms with Crippen LogP contribution in [-0.4, -0.2) is 17.8 Å². The SMILES string of the molecule is Cc1csc(C2NCCC2O)c1. The maximum atomic E-state index is 9.60. The van der Waals surface area contributed by atoms with Crippen LogP contribution >= 0.6 is 11.3 Å². The van der Waals surface area contributed by atoms with Gasteiger partial charge in [-0.05, 0) is 36.9 Å². The van der Waals surface area contributed by atoms with Crippen LogP contribution in [0.3, 0.4) is 0 Å². The van der Waals surface area contributed by atoms with Crippen LogP contribution in [0.15, 0.2) is 11.4 Å². The summed E-state index contributed by atoms with van der Waals surface area (Å²) >= 11 is 1.73. The molecule has 12 heavy (non-hydrogen) atoms. The first kappa shape index (κ1) is 8.23. The molecule has 0 bridgehead atoms. The fourth-order valence-corrected chi connectivity index (χ4v) is 2.63. The van der Waals surface area contributed by atoms with Crippen LogP contribution in [0.5, 0.6) is 0 Å². The number of rotatable bonds is 1. The first-order chi connectivity index (χ1) is 5.77. The Labute approximate surface area is 76.2 Å². The molecule has 0 radical (unpaired) electrons. The molecule has 2 rings (SSSR count). The normalized spacial score (nSPS) is 29.5. The second kappa shape index (κ2) is 3.17. The lowest BCUT2D eigenvalue weighted by Gasteiger charge is -2.11. The summed E-state index contributed by atoms with van der Waals surface area (Å²) in [5.74, 6) is 0. The Morgan fingerprint density at radius 3 is 3.00 bits per heavy atom. The van der Waals surface area contributed by atoms with Gasteiger partial charge in [0.25, 0.3) is 0 Å². The third-order valence-corrected chi connectivity index (χ3v) is 3.38. The van der Waals surface area contributed by atoms with Crippen molar-refractivity contribution in [2.24, 2.45) is 0 Å². The van der Waals surface area contributed by atoms with E-state index in [2.05, 4.69) is 23.7 Å². The van der Waals surface area contributed by atoms with Crippen LogP contribution in [0, 0.1) is 6.92 Å². The van der Waals surface area contributed by atoms with Crippen molar-refractivity contribution in [2.75, 3.05) is 6.54 Å². The lowest BCUT2D eigenvalue weighted by molar-refractivity contribution is 0.161. The first-order valence-corrected chi connectivity index (χ1v) is 5.12. The summed E-state index contributed by atoms with van der Waals surface area (Å²) in [6, 6.07) is 2.33. The zero-order chi connectivity index (χ0) is 8.55. The van der Waals surface area contributed by atoms with E-state index in [-0.39, 0.29) is 12.1 Å². The highest BCUT2D eigenvalue weighted by atomic mass is 32.1. The van der Waals surface area contributed by atoms with Crippen LogP contribution in [0.4, 0.5) is 0 Å². The summed E-state index contributed by atoms with van der Waals surface area (Å²) in [6.45, 7) is 3.02. The number of hydrogen-bond acceptors (Lipinski definition) is 3. The summed E-state index contributed by atoms with van der Waals surface area (Å²) in [6.07, 6.45) is 0.685. The first-order valence-electron chi connectivity index (χ1n) is 4.24. The van der Waals surface area contributed by atoms with E-state index in [0.29, 0.717) is 0 Å². The van der Waals surface area contributed by atoms with Gasteiger partial charge in [0.1, 0.15) is 0 Å². The number of aliphatic hydroxyl groups excluding tert-OH is 1. The molecule has 1 aliphatic heterocycles. The van der Waals surface area contributed by atoms with Gasteiger partial charge < -0.3 is 10.4 Å². The van der Waals surface area contributed by atoms with Crippen LogP contribution < -0.4 is 5.32 Å². The minimum Gasteiger partial charge on any atom is -0.391 e. The highest BCUT2D eigenvalue weighted by Gasteiger charge is 2.26. The Bertz CT molecular complexity index is 271. The number of thiophene rings is 1. The second-order valence-corrected chi connectivity index (χ2v) is 4.26. The molecule has 3 heteroatoms. The molecule has 1 aliphatic rings. The Balaban J connectivity index is 2.19. The average Bonchev–Trinajstić information content (AvgIpc) is 2.58. The summed E-state index contributed by atoms with van der Waals surface area (Å²) < 4.78 is 0. The van der Waals surface area contributed by atoms with E-state index in [0.717, 1.165) is 13.0 Å². The number of hydrogen-bond donors (Lipinski definition) is 2. The van der Waals surface area contributed by atoms with E-state index in [1.807, 2.05) is 0 Å². The lowest BCUT2D eigenvalue weighted by Crippen LogP contribution is -2.19. The molecule has 2 N–H and O–H groups in total. The van der Waals surface area contributed by atoms with Gasteiger partial charge in [-0.25, -0.2) is 0 Å². The minimum absolute atomic E-state index is 0.184. The number of nitrogens with one attached hydrogen (secondary N) is 1. The summed E-state index contributed by atoms with van der Waals surface area (Å²) in [5.41, 5.74) is 1.29. The van der Waals surface area contributed by atoms with Crippen molar-refractivity contribution in [2.45, 2.75) is 25.5 Å². The van der Waals surface area contributed by atoms with Gasteiger partial charge in [0.05, 0.1) is 12.1 Å². The van der Waals surface area contributed by atoms with Crippen LogP contribution in [0.25, 0.3) is 0 Å². The highest BCUT2D eigenvalue weighted by molar-refractivity contribution is 7.10. The molecule has 0 amide bonds. The molecule has 2 unspecified atom stereocenters. The van der Waals surface area contributed by atoms with Gasteiger partial charge in [0, 0.05) is 4.88 Å². The summed E-state index contributed by atoms with van der Waals surface area (Å²) in [5, 5.41) is 15.0. The molecule has 0 aromatic carbocycles. The molecule has 2 atom stereocenters. The van der Waals surface area contributed by atoms with E-state index in [1.54, 1.807) is 11.3 Å². The van der Waals surface area contributed by atoms with Crippen molar-refractivity contribution in [1.29, 1.82) is 0 Å². The van der Waals surface area contributed by atoms with Gasteiger partial charge in [-0.2, -0.15) is 0 Å². The standard InChI is InChI=1S/C9H13NOS/c1-6-4-8(12-5-6)9-7(11)2-3-10-9/h4-5,7,9-11H,2-3H2,1H3. The van der Waals surface area contributed by atoms with Crippen LogP contribution in [0.1, 0.15) is 22.9 Å². The van der Waals surface area contributed by atoms with Gasteiger partial charge in [-0.1, -0.05) is 0 Å². The monoisotopic (exact) mass is 183 g/mol. The zero-order valence-corrected chi connectivity index (χ0v) is 7.90. The molecule has 2 nitrogen and oxygen atoms in total. The van der Waals surface area contributed by atoms with Crippen molar-refractivity contribution in [3.8, 4) is 0 Å². The Morgan fingerprint density at radius 1 is 1.67 bits per heavy atom. The van der Waals surface area contributed by atoms with Crippen molar-refractivity contribution < 1.29 is 5.11 Å². The quantitative estimate of drug-likeness (QED) is 0.690.